The number of benzene rings is 1. The highest BCUT2D eigenvalue weighted by molar-refractivity contribution is 9.10. The van der Waals surface area contributed by atoms with Gasteiger partial charge in [-0.25, -0.2) is 4.39 Å². The van der Waals surface area contributed by atoms with Crippen molar-refractivity contribution < 1.29 is 9.50 Å². The summed E-state index contributed by atoms with van der Waals surface area (Å²) in [6.07, 6.45) is 0. The third-order valence-electron chi connectivity index (χ3n) is 3.02. The van der Waals surface area contributed by atoms with E-state index in [4.69, 9.17) is 0 Å². The molecule has 2 aromatic rings. The van der Waals surface area contributed by atoms with Gasteiger partial charge in [0.15, 0.2) is 0 Å². The van der Waals surface area contributed by atoms with E-state index in [1.165, 1.54) is 12.1 Å². The lowest BCUT2D eigenvalue weighted by atomic mass is 10.2. The summed E-state index contributed by atoms with van der Waals surface area (Å²) < 4.78 is 15.8. The summed E-state index contributed by atoms with van der Waals surface area (Å²) in [5.41, 5.74) is 3.38. The molecule has 0 spiro atoms. The van der Waals surface area contributed by atoms with Crippen LogP contribution >= 0.6 is 15.9 Å². The third-order valence-corrected chi connectivity index (χ3v) is 3.79. The number of aromatic nitrogens is 2. The molecule has 96 valence electrons. The lowest BCUT2D eigenvalue weighted by molar-refractivity contribution is 0.280. The SMILES string of the molecule is Cc1nn(Cc2cc(F)ccc2Br)c(C)c1CO. The molecule has 0 fully saturated rings. The molecule has 0 radical (unpaired) electrons. The van der Waals surface area contributed by atoms with E-state index in [0.29, 0.717) is 6.54 Å². The molecule has 0 saturated carbocycles. The molecule has 0 aliphatic rings. The number of aliphatic hydroxyl groups is 1. The Labute approximate surface area is 113 Å². The number of aliphatic hydroxyl groups excluding tert-OH is 1. The molecule has 0 aliphatic heterocycles. The van der Waals surface area contributed by atoms with Crippen LogP contribution in [0.2, 0.25) is 0 Å². The van der Waals surface area contributed by atoms with Crippen LogP contribution in [-0.2, 0) is 13.2 Å². The lowest BCUT2D eigenvalue weighted by Gasteiger charge is -2.07. The van der Waals surface area contributed by atoms with Crippen molar-refractivity contribution in [3.63, 3.8) is 0 Å². The molecule has 1 N–H and O–H groups in total. The van der Waals surface area contributed by atoms with Gasteiger partial charge < -0.3 is 5.11 Å². The van der Waals surface area contributed by atoms with Gasteiger partial charge in [0, 0.05) is 15.7 Å². The minimum absolute atomic E-state index is 0.0258. The fourth-order valence-corrected chi connectivity index (χ4v) is 2.31. The zero-order valence-electron chi connectivity index (χ0n) is 10.2. The van der Waals surface area contributed by atoms with E-state index >= 15 is 0 Å². The molecule has 0 unspecified atom stereocenters. The summed E-state index contributed by atoms with van der Waals surface area (Å²) >= 11 is 3.40. The molecule has 18 heavy (non-hydrogen) atoms. The lowest BCUT2D eigenvalue weighted by Crippen LogP contribution is -2.05. The van der Waals surface area contributed by atoms with Gasteiger partial charge in [-0.1, -0.05) is 15.9 Å². The fraction of sp³-hybridized carbons (Fsp3) is 0.308. The van der Waals surface area contributed by atoms with E-state index in [1.54, 1.807) is 10.7 Å². The highest BCUT2D eigenvalue weighted by Gasteiger charge is 2.12. The van der Waals surface area contributed by atoms with Gasteiger partial charge in [-0.05, 0) is 37.6 Å². The van der Waals surface area contributed by atoms with Crippen LogP contribution in [0, 0.1) is 19.7 Å². The topological polar surface area (TPSA) is 38.0 Å². The molecule has 2 rings (SSSR count). The molecule has 1 heterocycles. The smallest absolute Gasteiger partial charge is 0.123 e. The highest BCUT2D eigenvalue weighted by atomic mass is 79.9. The minimum Gasteiger partial charge on any atom is -0.392 e. The molecule has 0 bridgehead atoms. The Morgan fingerprint density at radius 1 is 1.39 bits per heavy atom. The predicted molar refractivity (Wildman–Crippen MR) is 70.8 cm³/mol. The van der Waals surface area contributed by atoms with E-state index in [9.17, 15) is 9.50 Å². The van der Waals surface area contributed by atoms with Crippen molar-refractivity contribution in [2.75, 3.05) is 0 Å². The number of halogens is 2. The first-order valence-corrected chi connectivity index (χ1v) is 6.40. The van der Waals surface area contributed by atoms with Crippen LogP contribution in [0.15, 0.2) is 22.7 Å². The van der Waals surface area contributed by atoms with E-state index in [0.717, 1.165) is 27.0 Å². The summed E-state index contributed by atoms with van der Waals surface area (Å²) in [5.74, 6) is -0.267. The van der Waals surface area contributed by atoms with Crippen molar-refractivity contribution in [1.29, 1.82) is 0 Å². The Kier molecular flexibility index (Phi) is 3.82. The predicted octanol–water partition coefficient (Wildman–Crippen LogP) is 2.94. The number of aryl methyl sites for hydroxylation is 1. The number of hydrogen-bond acceptors (Lipinski definition) is 2. The standard InChI is InChI=1S/C13H14BrFN2O/c1-8-12(7-18)9(2)17(16-8)6-10-5-11(15)3-4-13(10)14/h3-5,18H,6-7H2,1-2H3. The van der Waals surface area contributed by atoms with Crippen LogP contribution in [0.1, 0.15) is 22.5 Å². The van der Waals surface area contributed by atoms with Gasteiger partial charge in [-0.3, -0.25) is 4.68 Å². The largest absolute Gasteiger partial charge is 0.392 e. The van der Waals surface area contributed by atoms with Gasteiger partial charge in [0.25, 0.3) is 0 Å². The second kappa shape index (κ2) is 5.20. The Morgan fingerprint density at radius 3 is 2.72 bits per heavy atom. The van der Waals surface area contributed by atoms with Gasteiger partial charge in [-0.15, -0.1) is 0 Å². The van der Waals surface area contributed by atoms with Crippen LogP contribution in [0.3, 0.4) is 0 Å². The molecule has 0 atom stereocenters. The third kappa shape index (κ3) is 2.47. The molecule has 1 aromatic heterocycles. The normalized spacial score (nSPS) is 10.9. The Morgan fingerprint density at radius 2 is 2.11 bits per heavy atom. The van der Waals surface area contributed by atoms with Crippen LogP contribution in [0.4, 0.5) is 4.39 Å². The van der Waals surface area contributed by atoms with Crippen molar-refractivity contribution in [3.05, 3.63) is 51.0 Å². The maximum Gasteiger partial charge on any atom is 0.123 e. The molecular formula is C13H14BrFN2O. The van der Waals surface area contributed by atoms with E-state index in [2.05, 4.69) is 21.0 Å². The zero-order valence-corrected chi connectivity index (χ0v) is 11.8. The first-order valence-electron chi connectivity index (χ1n) is 5.60. The summed E-state index contributed by atoms with van der Waals surface area (Å²) in [6.45, 7) is 4.21. The van der Waals surface area contributed by atoms with E-state index < -0.39 is 0 Å². The second-order valence-corrected chi connectivity index (χ2v) is 5.06. The first kappa shape index (κ1) is 13.2. The minimum atomic E-state index is -0.267. The summed E-state index contributed by atoms with van der Waals surface area (Å²) in [5, 5.41) is 13.6. The molecular weight excluding hydrogens is 299 g/mol. The van der Waals surface area contributed by atoms with E-state index in [-0.39, 0.29) is 12.4 Å². The average Bonchev–Trinajstić information content (AvgIpc) is 2.59. The van der Waals surface area contributed by atoms with Gasteiger partial charge in [0.2, 0.25) is 0 Å². The summed E-state index contributed by atoms with van der Waals surface area (Å²) in [7, 11) is 0. The van der Waals surface area contributed by atoms with Crippen LogP contribution in [0.25, 0.3) is 0 Å². The first-order chi connectivity index (χ1) is 8.52. The highest BCUT2D eigenvalue weighted by Crippen LogP contribution is 2.21. The second-order valence-electron chi connectivity index (χ2n) is 4.20. The Hall–Kier alpha value is -1.20. The van der Waals surface area contributed by atoms with Crippen molar-refractivity contribution in [3.8, 4) is 0 Å². The van der Waals surface area contributed by atoms with Crippen LogP contribution in [0.5, 0.6) is 0 Å². The zero-order chi connectivity index (χ0) is 13.3. The maximum atomic E-state index is 13.2. The van der Waals surface area contributed by atoms with Crippen molar-refractivity contribution >= 4 is 15.9 Å². The maximum absolute atomic E-state index is 13.2. The Balaban J connectivity index is 2.37. The van der Waals surface area contributed by atoms with Gasteiger partial charge >= 0.3 is 0 Å². The molecule has 1 aromatic carbocycles. The number of nitrogens with zero attached hydrogens (tertiary/aromatic N) is 2. The quantitative estimate of drug-likeness (QED) is 0.946. The van der Waals surface area contributed by atoms with Crippen LogP contribution < -0.4 is 0 Å². The molecule has 0 amide bonds. The Bertz CT molecular complexity index is 581. The number of rotatable bonds is 3. The number of hydrogen-bond donors (Lipinski definition) is 1. The summed E-state index contributed by atoms with van der Waals surface area (Å²) in [6, 6.07) is 4.58. The monoisotopic (exact) mass is 312 g/mol. The van der Waals surface area contributed by atoms with Gasteiger partial charge in [-0.2, -0.15) is 5.10 Å². The van der Waals surface area contributed by atoms with Crippen molar-refractivity contribution in [1.82, 2.24) is 9.78 Å². The van der Waals surface area contributed by atoms with Gasteiger partial charge in [0.1, 0.15) is 5.82 Å². The molecule has 3 nitrogen and oxygen atoms in total. The molecule has 5 heteroatoms. The van der Waals surface area contributed by atoms with Gasteiger partial charge in [0.05, 0.1) is 18.8 Å². The molecule has 0 aliphatic carbocycles. The molecule has 0 saturated heterocycles. The fourth-order valence-electron chi connectivity index (χ4n) is 1.94. The van der Waals surface area contributed by atoms with Crippen LogP contribution in [-0.4, -0.2) is 14.9 Å². The average molecular weight is 313 g/mol. The van der Waals surface area contributed by atoms with Crippen molar-refractivity contribution in [2.45, 2.75) is 27.0 Å². The van der Waals surface area contributed by atoms with Crippen molar-refractivity contribution in [2.24, 2.45) is 0 Å². The van der Waals surface area contributed by atoms with E-state index in [1.807, 2.05) is 13.8 Å². The summed E-state index contributed by atoms with van der Waals surface area (Å²) in [4.78, 5) is 0.